The van der Waals surface area contributed by atoms with Crippen LogP contribution in [-0.4, -0.2) is 5.97 Å². The topological polar surface area (TPSA) is 40.1 Å². The van der Waals surface area contributed by atoms with Crippen molar-refractivity contribution in [3.8, 4) is 0 Å². The highest BCUT2D eigenvalue weighted by atomic mass is 19.1. The van der Waals surface area contributed by atoms with Crippen LogP contribution in [0.3, 0.4) is 0 Å². The average molecular weight is 233 g/mol. The number of allylic oxidation sites excluding steroid dienone is 2. The van der Waals surface area contributed by atoms with Crippen molar-refractivity contribution < 1.29 is 14.3 Å². The van der Waals surface area contributed by atoms with E-state index in [0.29, 0.717) is 12.8 Å². The molecule has 3 heteroatoms. The minimum atomic E-state index is -1.02. The number of carboxylic acid groups (broad SMARTS) is 1. The van der Waals surface area contributed by atoms with Crippen molar-refractivity contribution in [2.45, 2.75) is 25.7 Å². The van der Waals surface area contributed by atoms with Crippen LogP contribution in [-0.2, 0) is 4.79 Å². The molecule has 0 aliphatic heterocycles. The number of hydrogen-bond acceptors (Lipinski definition) is 2. The molecule has 0 aromatic heterocycles. The predicted molar refractivity (Wildman–Crippen MR) is 60.6 cm³/mol. The zero-order valence-electron chi connectivity index (χ0n) is 9.65. The lowest BCUT2D eigenvalue weighted by molar-refractivity contribution is -0.312. The summed E-state index contributed by atoms with van der Waals surface area (Å²) >= 11 is 0. The summed E-state index contributed by atoms with van der Waals surface area (Å²) < 4.78 is 12.8. The average Bonchev–Trinajstić information content (AvgIpc) is 2.29. The van der Waals surface area contributed by atoms with Crippen LogP contribution in [0.15, 0.2) is 35.9 Å². The third-order valence-corrected chi connectivity index (χ3v) is 3.35. The molecule has 0 saturated heterocycles. The van der Waals surface area contributed by atoms with Gasteiger partial charge in [-0.15, -0.1) is 0 Å². The fraction of sp³-hybridized carbons (Fsp3) is 0.357. The quantitative estimate of drug-likeness (QED) is 0.733. The van der Waals surface area contributed by atoms with Crippen LogP contribution in [0, 0.1) is 11.7 Å². The van der Waals surface area contributed by atoms with Crippen molar-refractivity contribution in [2.75, 3.05) is 0 Å². The number of carboxylic acids is 1. The molecule has 1 aliphatic rings. The Bertz CT molecular complexity index is 448. The van der Waals surface area contributed by atoms with Gasteiger partial charge in [0.2, 0.25) is 0 Å². The highest BCUT2D eigenvalue weighted by Gasteiger charge is 2.26. The summed E-state index contributed by atoms with van der Waals surface area (Å²) in [6.07, 6.45) is 3.14. The fourth-order valence-corrected chi connectivity index (χ4v) is 2.39. The van der Waals surface area contributed by atoms with Crippen LogP contribution in [0.5, 0.6) is 0 Å². The summed E-state index contributed by atoms with van der Waals surface area (Å²) in [4.78, 5) is 11.1. The van der Waals surface area contributed by atoms with Crippen LogP contribution >= 0.6 is 0 Å². The molecule has 0 N–H and O–H groups in total. The summed E-state index contributed by atoms with van der Waals surface area (Å²) in [5.41, 5.74) is 2.05. The maximum Gasteiger partial charge on any atom is 0.123 e. The van der Waals surface area contributed by atoms with Crippen molar-refractivity contribution in [1.82, 2.24) is 0 Å². The van der Waals surface area contributed by atoms with Gasteiger partial charge < -0.3 is 9.90 Å². The first-order valence-electron chi connectivity index (χ1n) is 5.70. The normalized spacial score (nSPS) is 24.2. The second kappa shape index (κ2) is 4.70. The molecule has 90 valence electrons. The number of halogens is 1. The van der Waals surface area contributed by atoms with Gasteiger partial charge in [-0.1, -0.05) is 23.8 Å². The SMILES string of the molecule is CC1=CC[C@H](C(=O)[O-])[C@H](c2ccc(F)cc2)C1. The Morgan fingerprint density at radius 3 is 2.59 bits per heavy atom. The lowest BCUT2D eigenvalue weighted by Crippen LogP contribution is -2.36. The lowest BCUT2D eigenvalue weighted by atomic mass is 9.76. The Hall–Kier alpha value is -1.64. The summed E-state index contributed by atoms with van der Waals surface area (Å²) in [6.45, 7) is 1.99. The Balaban J connectivity index is 2.31. The van der Waals surface area contributed by atoms with Gasteiger partial charge >= 0.3 is 0 Å². The van der Waals surface area contributed by atoms with Crippen molar-refractivity contribution in [3.63, 3.8) is 0 Å². The first kappa shape index (κ1) is 11.8. The largest absolute Gasteiger partial charge is 0.550 e. The van der Waals surface area contributed by atoms with E-state index in [1.165, 1.54) is 17.7 Å². The van der Waals surface area contributed by atoms with E-state index in [0.717, 1.165) is 5.56 Å². The van der Waals surface area contributed by atoms with E-state index in [-0.39, 0.29) is 11.7 Å². The predicted octanol–water partition coefficient (Wildman–Crippen LogP) is 2.02. The molecule has 1 aliphatic carbocycles. The van der Waals surface area contributed by atoms with Crippen LogP contribution in [0.25, 0.3) is 0 Å². The molecule has 0 unspecified atom stereocenters. The van der Waals surface area contributed by atoms with Gasteiger partial charge in [-0.3, -0.25) is 0 Å². The van der Waals surface area contributed by atoms with Crippen molar-refractivity contribution >= 4 is 5.97 Å². The Kier molecular flexibility index (Phi) is 3.27. The standard InChI is InChI=1S/C14H15FO2/c1-9-2-7-12(14(16)17)13(8-9)10-3-5-11(15)6-4-10/h2-6,12-13H,7-8H2,1H3,(H,16,17)/p-1/t12-,13-/m0/s1. The van der Waals surface area contributed by atoms with Crippen molar-refractivity contribution in [1.29, 1.82) is 0 Å². The molecule has 1 aromatic carbocycles. The van der Waals surface area contributed by atoms with E-state index >= 15 is 0 Å². The molecular weight excluding hydrogens is 219 g/mol. The Labute approximate surface area is 99.8 Å². The molecule has 2 rings (SSSR count). The second-order valence-electron chi connectivity index (χ2n) is 4.57. The molecule has 2 nitrogen and oxygen atoms in total. The Morgan fingerprint density at radius 1 is 1.35 bits per heavy atom. The second-order valence-corrected chi connectivity index (χ2v) is 4.57. The monoisotopic (exact) mass is 233 g/mol. The number of carbonyl (C=O) groups is 1. The lowest BCUT2D eigenvalue weighted by Gasteiger charge is -2.31. The first-order valence-corrected chi connectivity index (χ1v) is 5.70. The third kappa shape index (κ3) is 2.54. The maximum absolute atomic E-state index is 12.8. The molecule has 17 heavy (non-hydrogen) atoms. The smallest absolute Gasteiger partial charge is 0.123 e. The molecule has 0 fully saturated rings. The number of hydrogen-bond donors (Lipinski definition) is 0. The number of carbonyl (C=O) groups excluding carboxylic acids is 1. The molecule has 0 spiro atoms. The van der Waals surface area contributed by atoms with Gasteiger partial charge in [-0.2, -0.15) is 0 Å². The van der Waals surface area contributed by atoms with Crippen LogP contribution in [0.4, 0.5) is 4.39 Å². The summed E-state index contributed by atoms with van der Waals surface area (Å²) in [7, 11) is 0. The summed E-state index contributed by atoms with van der Waals surface area (Å²) in [6, 6.07) is 6.06. The summed E-state index contributed by atoms with van der Waals surface area (Å²) in [5, 5.41) is 11.1. The van der Waals surface area contributed by atoms with Crippen LogP contribution in [0.1, 0.15) is 31.2 Å². The van der Waals surface area contributed by atoms with E-state index < -0.39 is 11.9 Å². The van der Waals surface area contributed by atoms with Gasteiger partial charge in [0.05, 0.1) is 0 Å². The van der Waals surface area contributed by atoms with E-state index in [4.69, 9.17) is 0 Å². The van der Waals surface area contributed by atoms with Crippen LogP contribution in [0.2, 0.25) is 0 Å². The van der Waals surface area contributed by atoms with Gasteiger partial charge in [-0.05, 0) is 43.4 Å². The molecule has 0 bridgehead atoms. The van der Waals surface area contributed by atoms with Gasteiger partial charge in [0.1, 0.15) is 5.82 Å². The van der Waals surface area contributed by atoms with Crippen molar-refractivity contribution in [2.24, 2.45) is 5.92 Å². The molecule has 0 radical (unpaired) electrons. The van der Waals surface area contributed by atoms with E-state index in [9.17, 15) is 14.3 Å². The molecule has 0 saturated carbocycles. The molecule has 2 atom stereocenters. The highest BCUT2D eigenvalue weighted by Crippen LogP contribution is 2.37. The van der Waals surface area contributed by atoms with Crippen molar-refractivity contribution in [3.05, 3.63) is 47.3 Å². The van der Waals surface area contributed by atoms with Gasteiger partial charge in [-0.25, -0.2) is 4.39 Å². The van der Waals surface area contributed by atoms with Gasteiger partial charge in [0.25, 0.3) is 0 Å². The maximum atomic E-state index is 12.8. The molecule has 0 amide bonds. The Morgan fingerprint density at radius 2 is 2.00 bits per heavy atom. The van der Waals surface area contributed by atoms with Gasteiger partial charge in [0.15, 0.2) is 0 Å². The highest BCUT2D eigenvalue weighted by molar-refractivity contribution is 5.70. The van der Waals surface area contributed by atoms with E-state index in [1.807, 2.05) is 13.0 Å². The van der Waals surface area contributed by atoms with Crippen LogP contribution < -0.4 is 5.11 Å². The number of rotatable bonds is 2. The number of aliphatic carboxylic acids is 1. The molecular formula is C14H14FO2-. The van der Waals surface area contributed by atoms with Gasteiger partial charge in [0, 0.05) is 11.9 Å². The van der Waals surface area contributed by atoms with E-state index in [1.54, 1.807) is 12.1 Å². The fourth-order valence-electron chi connectivity index (χ4n) is 2.39. The minimum absolute atomic E-state index is 0.106. The zero-order valence-corrected chi connectivity index (χ0v) is 9.65. The number of benzene rings is 1. The zero-order chi connectivity index (χ0) is 12.4. The summed E-state index contributed by atoms with van der Waals surface area (Å²) in [5.74, 6) is -1.94. The molecule has 0 heterocycles. The third-order valence-electron chi connectivity index (χ3n) is 3.35. The van der Waals surface area contributed by atoms with E-state index in [2.05, 4.69) is 0 Å². The minimum Gasteiger partial charge on any atom is -0.550 e. The molecule has 1 aromatic rings. The first-order chi connectivity index (χ1) is 8.08.